The van der Waals surface area contributed by atoms with Crippen molar-refractivity contribution in [3.8, 4) is 23.0 Å². The molecule has 0 N–H and O–H groups in total. The first-order valence-corrected chi connectivity index (χ1v) is 12.6. The minimum absolute atomic E-state index is 0.230. The van der Waals surface area contributed by atoms with Crippen molar-refractivity contribution in [3.05, 3.63) is 107 Å². The molecule has 0 saturated heterocycles. The highest BCUT2D eigenvalue weighted by Crippen LogP contribution is 2.24. The molecule has 0 spiro atoms. The van der Waals surface area contributed by atoms with Crippen LogP contribution in [-0.2, 0) is 12.8 Å². The minimum atomic E-state index is -0.230. The molecule has 0 aromatic heterocycles. The number of aryl methyl sites for hydroxylation is 2. The van der Waals surface area contributed by atoms with E-state index in [9.17, 15) is 0 Å². The van der Waals surface area contributed by atoms with Gasteiger partial charge in [-0.2, -0.15) is 0 Å². The summed E-state index contributed by atoms with van der Waals surface area (Å²) in [6, 6.07) is 26.7. The Hall–Kier alpha value is -3.37. The van der Waals surface area contributed by atoms with Gasteiger partial charge in [-0.3, -0.25) is 0 Å². The van der Waals surface area contributed by atoms with E-state index in [2.05, 4.69) is 74.2 Å². The van der Waals surface area contributed by atoms with E-state index in [1.165, 1.54) is 48.8 Å². The van der Waals surface area contributed by atoms with Gasteiger partial charge < -0.3 is 0 Å². The Bertz CT molecular complexity index is 1280. The van der Waals surface area contributed by atoms with Crippen molar-refractivity contribution < 1.29 is 4.39 Å². The number of unbranched alkanes of at least 4 members (excludes halogenated alkanes) is 4. The van der Waals surface area contributed by atoms with Gasteiger partial charge in [-0.15, -0.1) is 0 Å². The quantitative estimate of drug-likeness (QED) is 0.186. The molecule has 4 aromatic rings. The van der Waals surface area contributed by atoms with Crippen molar-refractivity contribution in [2.75, 3.05) is 0 Å². The van der Waals surface area contributed by atoms with E-state index in [-0.39, 0.29) is 5.82 Å². The Morgan fingerprint density at radius 2 is 1.32 bits per heavy atom. The summed E-state index contributed by atoms with van der Waals surface area (Å²) in [5.74, 6) is 5.94. The van der Waals surface area contributed by atoms with E-state index in [4.69, 9.17) is 0 Å². The van der Waals surface area contributed by atoms with Gasteiger partial charge in [0.2, 0.25) is 0 Å². The summed E-state index contributed by atoms with van der Waals surface area (Å²) < 4.78 is 15.1. The first kappa shape index (κ1) is 23.8. The summed E-state index contributed by atoms with van der Waals surface area (Å²) in [4.78, 5) is 0. The molecule has 4 aromatic carbocycles. The van der Waals surface area contributed by atoms with Gasteiger partial charge in [0.15, 0.2) is 0 Å². The van der Waals surface area contributed by atoms with Gasteiger partial charge in [-0.25, -0.2) is 4.39 Å². The summed E-state index contributed by atoms with van der Waals surface area (Å²) in [6.07, 6.45) is 8.43. The predicted molar refractivity (Wildman–Crippen MR) is 144 cm³/mol. The summed E-state index contributed by atoms with van der Waals surface area (Å²) in [6.45, 7) is 4.40. The third-order valence-corrected chi connectivity index (χ3v) is 6.51. The van der Waals surface area contributed by atoms with Crippen LogP contribution in [0.15, 0.2) is 78.9 Å². The molecule has 0 nitrogen and oxygen atoms in total. The SMILES string of the molecule is CCCCCCCc1ccc2c(F)c(C#Cc3ccc(-c4ccc(CC)cc4)cc3)ccc2c1. The molecule has 0 radical (unpaired) electrons. The molecule has 0 heterocycles. The van der Waals surface area contributed by atoms with Crippen molar-refractivity contribution in [1.29, 1.82) is 0 Å². The average Bonchev–Trinajstić information content (AvgIpc) is 2.88. The van der Waals surface area contributed by atoms with Crippen molar-refractivity contribution >= 4 is 10.8 Å². The molecule has 0 unspecified atom stereocenters. The Morgan fingerprint density at radius 1 is 0.647 bits per heavy atom. The second kappa shape index (κ2) is 11.7. The number of halogens is 1. The van der Waals surface area contributed by atoms with E-state index in [0.29, 0.717) is 10.9 Å². The number of fused-ring (bicyclic) bond motifs is 1. The van der Waals surface area contributed by atoms with Gasteiger partial charge in [0, 0.05) is 10.9 Å². The number of hydrogen-bond acceptors (Lipinski definition) is 0. The maximum absolute atomic E-state index is 15.1. The van der Waals surface area contributed by atoms with Crippen molar-refractivity contribution in [2.45, 2.75) is 58.8 Å². The molecule has 0 aliphatic heterocycles. The molecule has 0 aliphatic carbocycles. The topological polar surface area (TPSA) is 0 Å². The van der Waals surface area contributed by atoms with Crippen LogP contribution >= 0.6 is 0 Å². The van der Waals surface area contributed by atoms with Gasteiger partial charge in [-0.1, -0.05) is 112 Å². The van der Waals surface area contributed by atoms with Crippen LogP contribution in [0.5, 0.6) is 0 Å². The smallest absolute Gasteiger partial charge is 0.146 e. The van der Waals surface area contributed by atoms with Crippen LogP contribution in [0, 0.1) is 17.7 Å². The number of hydrogen-bond donors (Lipinski definition) is 0. The third-order valence-electron chi connectivity index (χ3n) is 6.51. The van der Waals surface area contributed by atoms with E-state index < -0.39 is 0 Å². The second-order valence-electron chi connectivity index (χ2n) is 9.02. The Morgan fingerprint density at radius 3 is 2.03 bits per heavy atom. The normalized spacial score (nSPS) is 10.8. The second-order valence-corrected chi connectivity index (χ2v) is 9.02. The molecule has 0 atom stereocenters. The van der Waals surface area contributed by atoms with Gasteiger partial charge in [0.1, 0.15) is 5.82 Å². The zero-order chi connectivity index (χ0) is 23.8. The van der Waals surface area contributed by atoms with Crippen LogP contribution < -0.4 is 0 Å². The first-order chi connectivity index (χ1) is 16.7. The third kappa shape index (κ3) is 5.95. The molecular weight excluding hydrogens is 415 g/mol. The lowest BCUT2D eigenvalue weighted by Crippen LogP contribution is -1.90. The van der Waals surface area contributed by atoms with Gasteiger partial charge in [0.25, 0.3) is 0 Å². The Labute approximate surface area is 203 Å². The van der Waals surface area contributed by atoms with Crippen LogP contribution in [0.4, 0.5) is 4.39 Å². The number of rotatable bonds is 8. The van der Waals surface area contributed by atoms with Crippen LogP contribution in [-0.4, -0.2) is 0 Å². The fraction of sp³-hybridized carbons (Fsp3) is 0.273. The number of benzene rings is 4. The van der Waals surface area contributed by atoms with Crippen LogP contribution in [0.2, 0.25) is 0 Å². The predicted octanol–water partition coefficient (Wildman–Crippen LogP) is 9.12. The molecule has 4 rings (SSSR count). The summed E-state index contributed by atoms with van der Waals surface area (Å²) in [5, 5.41) is 1.60. The lowest BCUT2D eigenvalue weighted by molar-refractivity contribution is 0.631. The lowest BCUT2D eigenvalue weighted by atomic mass is 10.00. The van der Waals surface area contributed by atoms with Crippen molar-refractivity contribution in [2.24, 2.45) is 0 Å². The lowest BCUT2D eigenvalue weighted by Gasteiger charge is -2.06. The summed E-state index contributed by atoms with van der Waals surface area (Å²) in [7, 11) is 0. The molecule has 34 heavy (non-hydrogen) atoms. The highest BCUT2D eigenvalue weighted by atomic mass is 19.1. The van der Waals surface area contributed by atoms with E-state index in [0.717, 1.165) is 29.4 Å². The highest BCUT2D eigenvalue weighted by Gasteiger charge is 2.07. The van der Waals surface area contributed by atoms with Crippen molar-refractivity contribution in [1.82, 2.24) is 0 Å². The standard InChI is InChI=1S/C33H33F/c1-3-5-6-7-8-9-27-15-23-32-31(24-27)22-21-30(33(32)34)20-14-26-12-18-29(19-13-26)28-16-10-25(4-2)11-17-28/h10-13,15-19,21-24H,3-9H2,1-2H3. The first-order valence-electron chi connectivity index (χ1n) is 12.6. The molecule has 0 saturated carbocycles. The molecule has 172 valence electrons. The van der Waals surface area contributed by atoms with Crippen LogP contribution in [0.3, 0.4) is 0 Å². The van der Waals surface area contributed by atoms with Crippen LogP contribution in [0.1, 0.15) is 68.2 Å². The van der Waals surface area contributed by atoms with Crippen LogP contribution in [0.25, 0.3) is 21.9 Å². The Balaban J connectivity index is 1.46. The van der Waals surface area contributed by atoms with Crippen molar-refractivity contribution in [3.63, 3.8) is 0 Å². The highest BCUT2D eigenvalue weighted by molar-refractivity contribution is 5.85. The molecular formula is C33H33F. The van der Waals surface area contributed by atoms with E-state index in [1.54, 1.807) is 6.07 Å². The largest absolute Gasteiger partial charge is 0.205 e. The Kier molecular flexibility index (Phi) is 8.16. The molecule has 0 fully saturated rings. The monoisotopic (exact) mass is 448 g/mol. The summed E-state index contributed by atoms with van der Waals surface area (Å²) in [5.41, 5.74) is 6.30. The molecule has 0 aliphatic rings. The van der Waals surface area contributed by atoms with Gasteiger partial charge in [0.05, 0.1) is 5.56 Å². The van der Waals surface area contributed by atoms with Gasteiger partial charge >= 0.3 is 0 Å². The van der Waals surface area contributed by atoms with E-state index in [1.807, 2.05) is 24.3 Å². The fourth-order valence-electron chi connectivity index (χ4n) is 4.34. The van der Waals surface area contributed by atoms with Gasteiger partial charge in [-0.05, 0) is 65.1 Å². The maximum Gasteiger partial charge on any atom is 0.146 e. The zero-order valence-electron chi connectivity index (χ0n) is 20.3. The molecule has 0 bridgehead atoms. The molecule has 1 heteroatoms. The maximum atomic E-state index is 15.1. The zero-order valence-corrected chi connectivity index (χ0v) is 20.3. The molecule has 0 amide bonds. The average molecular weight is 449 g/mol. The fourth-order valence-corrected chi connectivity index (χ4v) is 4.34. The minimum Gasteiger partial charge on any atom is -0.205 e. The van der Waals surface area contributed by atoms with E-state index >= 15 is 4.39 Å². The summed E-state index contributed by atoms with van der Waals surface area (Å²) >= 11 is 0.